The van der Waals surface area contributed by atoms with Crippen LogP contribution in [-0.4, -0.2) is 62.7 Å². The summed E-state index contributed by atoms with van der Waals surface area (Å²) in [4.78, 5) is 31.6. The number of H-pyrrole nitrogens is 1. The number of urea groups is 1. The van der Waals surface area contributed by atoms with E-state index in [0.29, 0.717) is 38.9 Å². The lowest BCUT2D eigenvalue weighted by Crippen LogP contribution is -2.57. The first-order valence-electron chi connectivity index (χ1n) is 13.8. The fourth-order valence-electron chi connectivity index (χ4n) is 5.84. The van der Waals surface area contributed by atoms with Crippen molar-refractivity contribution in [2.75, 3.05) is 18.4 Å². The number of para-hydroxylation sites is 1. The molecule has 11 nitrogen and oxygen atoms in total. The summed E-state index contributed by atoms with van der Waals surface area (Å²) < 4.78 is 5.81. The third kappa shape index (κ3) is 5.59. The molecule has 6 rings (SSSR count). The Morgan fingerprint density at radius 1 is 1.15 bits per heavy atom. The van der Waals surface area contributed by atoms with Gasteiger partial charge in [0.2, 0.25) is 0 Å². The Hall–Kier alpha value is -4.48. The van der Waals surface area contributed by atoms with Gasteiger partial charge in [0, 0.05) is 55.8 Å². The molecule has 212 valence electrons. The number of piperidine rings is 1. The molecule has 3 amide bonds. The summed E-state index contributed by atoms with van der Waals surface area (Å²) in [5.41, 5.74) is 4.86. The maximum Gasteiger partial charge on any atom is 0.412 e. The first-order chi connectivity index (χ1) is 19.9. The van der Waals surface area contributed by atoms with Crippen molar-refractivity contribution in [3.8, 4) is 0 Å². The molecule has 2 aliphatic heterocycles. The SMILES string of the molecule is Cc1cc(CC(NC(=O)N2CCC3(CC2)OC(=O)Nc2ccccc23)C(O)NCc2ccncc2)cc2cn[nH]c12. The number of pyridine rings is 1. The summed E-state index contributed by atoms with van der Waals surface area (Å²) in [6.45, 7) is 3.23. The molecule has 2 aromatic heterocycles. The van der Waals surface area contributed by atoms with Crippen LogP contribution in [0.4, 0.5) is 15.3 Å². The number of likely N-dealkylation sites (tertiary alicyclic amines) is 1. The van der Waals surface area contributed by atoms with Gasteiger partial charge in [-0.3, -0.25) is 20.7 Å². The Kier molecular flexibility index (Phi) is 7.29. The van der Waals surface area contributed by atoms with Crippen LogP contribution >= 0.6 is 0 Å². The monoisotopic (exact) mass is 555 g/mol. The fourth-order valence-corrected chi connectivity index (χ4v) is 5.84. The van der Waals surface area contributed by atoms with Gasteiger partial charge in [-0.05, 0) is 54.3 Å². The second-order valence-electron chi connectivity index (χ2n) is 10.7. The van der Waals surface area contributed by atoms with Crippen LogP contribution in [0.25, 0.3) is 10.9 Å². The molecular formula is C30H33N7O4. The highest BCUT2D eigenvalue weighted by Crippen LogP contribution is 2.43. The predicted octanol–water partition coefficient (Wildman–Crippen LogP) is 3.55. The van der Waals surface area contributed by atoms with Gasteiger partial charge in [0.15, 0.2) is 0 Å². The summed E-state index contributed by atoms with van der Waals surface area (Å²) in [7, 11) is 0. The molecule has 41 heavy (non-hydrogen) atoms. The molecule has 2 atom stereocenters. The van der Waals surface area contributed by atoms with Crippen LogP contribution < -0.4 is 16.0 Å². The Morgan fingerprint density at radius 2 is 1.93 bits per heavy atom. The molecule has 1 spiro atoms. The van der Waals surface area contributed by atoms with Crippen molar-refractivity contribution in [2.45, 2.75) is 50.6 Å². The molecule has 2 unspecified atom stereocenters. The molecule has 0 radical (unpaired) electrons. The number of hydrogen-bond acceptors (Lipinski definition) is 7. The topological polar surface area (TPSA) is 144 Å². The standard InChI is InChI=1S/C30H33N7O4/c1-19-14-21(15-22-18-33-36-26(19)22)16-25(27(38)32-17-20-6-10-31-11-7-20)34-28(39)37-12-8-30(9-13-37)23-4-2-3-5-24(23)35-29(40)41-30/h2-7,10-11,14-15,18,25,27,32,38H,8-9,12-13,16-17H2,1H3,(H,33,36)(H,34,39)(H,35,40). The van der Waals surface area contributed by atoms with Crippen LogP contribution in [-0.2, 0) is 23.3 Å². The summed E-state index contributed by atoms with van der Waals surface area (Å²) in [6.07, 6.45) is 5.05. The van der Waals surface area contributed by atoms with Crippen molar-refractivity contribution in [3.63, 3.8) is 0 Å². The minimum Gasteiger partial charge on any atom is -0.438 e. The predicted molar refractivity (Wildman–Crippen MR) is 153 cm³/mol. The van der Waals surface area contributed by atoms with E-state index in [2.05, 4.69) is 31.1 Å². The average molecular weight is 556 g/mol. The minimum atomic E-state index is -1.01. The van der Waals surface area contributed by atoms with Gasteiger partial charge in [0.05, 0.1) is 23.4 Å². The lowest BCUT2D eigenvalue weighted by molar-refractivity contribution is -0.0309. The number of nitrogens with one attached hydrogen (secondary N) is 4. The number of anilines is 1. The second-order valence-corrected chi connectivity index (χ2v) is 10.7. The molecule has 0 bridgehead atoms. The highest BCUT2D eigenvalue weighted by Gasteiger charge is 2.45. The van der Waals surface area contributed by atoms with Gasteiger partial charge in [-0.1, -0.05) is 24.3 Å². The van der Waals surface area contributed by atoms with Crippen molar-refractivity contribution in [3.05, 3.63) is 89.4 Å². The number of aromatic nitrogens is 3. The number of aryl methyl sites for hydroxylation is 1. The molecule has 0 aliphatic carbocycles. The number of amides is 3. The Balaban J connectivity index is 1.17. The molecule has 5 N–H and O–H groups in total. The van der Waals surface area contributed by atoms with Crippen LogP contribution in [0, 0.1) is 6.92 Å². The molecular weight excluding hydrogens is 522 g/mol. The van der Waals surface area contributed by atoms with Gasteiger partial charge in [-0.2, -0.15) is 5.10 Å². The number of hydrogen-bond donors (Lipinski definition) is 5. The Morgan fingerprint density at radius 3 is 2.73 bits per heavy atom. The molecule has 1 saturated heterocycles. The number of rotatable bonds is 7. The number of benzene rings is 2. The average Bonchev–Trinajstić information content (AvgIpc) is 3.46. The first-order valence-corrected chi connectivity index (χ1v) is 13.8. The van der Waals surface area contributed by atoms with Crippen LogP contribution in [0.2, 0.25) is 0 Å². The summed E-state index contributed by atoms with van der Waals surface area (Å²) in [6, 6.07) is 14.6. The van der Waals surface area contributed by atoms with Crippen molar-refractivity contribution in [1.82, 2.24) is 30.7 Å². The molecule has 1 fully saturated rings. The highest BCUT2D eigenvalue weighted by molar-refractivity contribution is 5.89. The zero-order valence-electron chi connectivity index (χ0n) is 22.8. The van der Waals surface area contributed by atoms with Gasteiger partial charge in [0.1, 0.15) is 11.8 Å². The van der Waals surface area contributed by atoms with Crippen LogP contribution in [0.5, 0.6) is 0 Å². The lowest BCUT2D eigenvalue weighted by atomic mass is 9.82. The van der Waals surface area contributed by atoms with E-state index in [-0.39, 0.29) is 6.03 Å². The number of aliphatic hydroxyl groups is 1. The van der Waals surface area contributed by atoms with Crippen molar-refractivity contribution >= 4 is 28.7 Å². The van der Waals surface area contributed by atoms with Crippen molar-refractivity contribution in [1.29, 1.82) is 0 Å². The van der Waals surface area contributed by atoms with E-state index in [4.69, 9.17) is 4.74 Å². The van der Waals surface area contributed by atoms with Crippen molar-refractivity contribution < 1.29 is 19.4 Å². The van der Waals surface area contributed by atoms with E-state index in [9.17, 15) is 14.7 Å². The number of fused-ring (bicyclic) bond motifs is 3. The molecule has 2 aromatic carbocycles. The summed E-state index contributed by atoms with van der Waals surface area (Å²) in [5, 5.41) is 28.3. The van der Waals surface area contributed by atoms with E-state index in [1.165, 1.54) is 0 Å². The first kappa shape index (κ1) is 26.7. The van der Waals surface area contributed by atoms with Gasteiger partial charge < -0.3 is 20.1 Å². The van der Waals surface area contributed by atoms with Crippen LogP contribution in [0.3, 0.4) is 0 Å². The summed E-state index contributed by atoms with van der Waals surface area (Å²) >= 11 is 0. The normalized spacial score (nSPS) is 17.4. The molecule has 4 aromatic rings. The van der Waals surface area contributed by atoms with Gasteiger partial charge in [-0.25, -0.2) is 9.59 Å². The van der Waals surface area contributed by atoms with E-state index < -0.39 is 24.0 Å². The lowest BCUT2D eigenvalue weighted by Gasteiger charge is -2.44. The van der Waals surface area contributed by atoms with Gasteiger partial charge in [0.25, 0.3) is 0 Å². The molecule has 4 heterocycles. The van der Waals surface area contributed by atoms with Gasteiger partial charge in [-0.15, -0.1) is 0 Å². The van der Waals surface area contributed by atoms with Crippen LogP contribution in [0.1, 0.15) is 35.1 Å². The Bertz CT molecular complexity index is 1550. The minimum absolute atomic E-state index is 0.274. The number of aromatic amines is 1. The third-order valence-corrected chi connectivity index (χ3v) is 8.02. The van der Waals surface area contributed by atoms with Gasteiger partial charge >= 0.3 is 12.1 Å². The fraction of sp³-hybridized carbons (Fsp3) is 0.333. The van der Waals surface area contributed by atoms with Crippen molar-refractivity contribution in [2.24, 2.45) is 0 Å². The van der Waals surface area contributed by atoms with E-state index >= 15 is 0 Å². The summed E-state index contributed by atoms with van der Waals surface area (Å²) in [5.74, 6) is 0. The second kappa shape index (κ2) is 11.2. The largest absolute Gasteiger partial charge is 0.438 e. The highest BCUT2D eigenvalue weighted by atomic mass is 16.6. The number of carbonyl (C=O) groups is 2. The quantitative estimate of drug-likeness (QED) is 0.219. The van der Waals surface area contributed by atoms with Crippen LogP contribution in [0.15, 0.2) is 67.1 Å². The molecule has 11 heteroatoms. The van der Waals surface area contributed by atoms with E-state index in [1.807, 2.05) is 55.5 Å². The molecule has 2 aliphatic rings. The zero-order valence-corrected chi connectivity index (χ0v) is 22.8. The molecule has 0 saturated carbocycles. The maximum absolute atomic E-state index is 13.5. The third-order valence-electron chi connectivity index (χ3n) is 8.02. The van der Waals surface area contributed by atoms with E-state index in [0.717, 1.165) is 38.8 Å². The van der Waals surface area contributed by atoms with E-state index in [1.54, 1.807) is 23.5 Å². The number of carbonyl (C=O) groups excluding carboxylic acids is 2. The maximum atomic E-state index is 13.5. The number of nitrogens with zero attached hydrogens (tertiary/aromatic N) is 3. The Labute approximate surface area is 237 Å². The smallest absolute Gasteiger partial charge is 0.412 e. The zero-order chi connectivity index (χ0) is 28.4. The number of aliphatic hydroxyl groups excluding tert-OH is 1. The number of ether oxygens (including phenoxy) is 1.